The summed E-state index contributed by atoms with van der Waals surface area (Å²) in [7, 11) is 1.90. The van der Waals surface area contributed by atoms with E-state index in [9.17, 15) is 0 Å². The molecule has 0 radical (unpaired) electrons. The number of nitrogens with one attached hydrogen (secondary N) is 1. The Balaban J connectivity index is 2.70. The molecule has 14 heavy (non-hydrogen) atoms. The normalized spacial score (nSPS) is 10.5. The Morgan fingerprint density at radius 3 is 2.79 bits per heavy atom. The van der Waals surface area contributed by atoms with E-state index in [0.29, 0.717) is 5.15 Å². The maximum Gasteiger partial charge on any atom is 0.132 e. The lowest BCUT2D eigenvalue weighted by molar-refractivity contribution is 1.33. The molecule has 1 N–H and O–H groups in total. The summed E-state index contributed by atoms with van der Waals surface area (Å²) in [5, 5.41) is 4.78. The van der Waals surface area contributed by atoms with Crippen LogP contribution in [0, 0.1) is 6.92 Å². The molecule has 0 atom stereocenters. The summed E-state index contributed by atoms with van der Waals surface area (Å²) in [6.45, 7) is 1.96. The number of anilines is 1. The van der Waals surface area contributed by atoms with Crippen LogP contribution in [0.2, 0.25) is 5.15 Å². The molecule has 0 spiro atoms. The molecular formula is C11H11ClN2. The van der Waals surface area contributed by atoms with Crippen molar-refractivity contribution in [3.8, 4) is 0 Å². The third-order valence-corrected chi connectivity index (χ3v) is 2.61. The first-order chi connectivity index (χ1) is 6.70. The summed E-state index contributed by atoms with van der Waals surface area (Å²) in [6, 6.07) is 8.06. The number of pyridine rings is 1. The second kappa shape index (κ2) is 3.46. The van der Waals surface area contributed by atoms with Gasteiger partial charge in [0.15, 0.2) is 0 Å². The van der Waals surface area contributed by atoms with Crippen LogP contribution in [-0.4, -0.2) is 12.0 Å². The van der Waals surface area contributed by atoms with Crippen LogP contribution >= 0.6 is 11.6 Å². The number of aromatic nitrogens is 1. The molecule has 3 heteroatoms. The molecule has 0 aliphatic rings. The molecule has 1 aromatic carbocycles. The zero-order valence-corrected chi connectivity index (χ0v) is 8.89. The van der Waals surface area contributed by atoms with Gasteiger partial charge in [-0.1, -0.05) is 11.6 Å². The Hall–Kier alpha value is -1.28. The van der Waals surface area contributed by atoms with Gasteiger partial charge in [-0.3, -0.25) is 0 Å². The van der Waals surface area contributed by atoms with Gasteiger partial charge in [-0.05, 0) is 36.8 Å². The van der Waals surface area contributed by atoms with Crippen molar-refractivity contribution in [2.24, 2.45) is 0 Å². The van der Waals surface area contributed by atoms with E-state index in [2.05, 4.69) is 16.4 Å². The molecule has 0 aliphatic heterocycles. The third kappa shape index (κ3) is 1.53. The summed E-state index contributed by atoms with van der Waals surface area (Å²) in [5.41, 5.74) is 3.02. The monoisotopic (exact) mass is 206 g/mol. The Morgan fingerprint density at radius 2 is 2.07 bits per heavy atom. The second-order valence-electron chi connectivity index (χ2n) is 3.25. The second-order valence-corrected chi connectivity index (χ2v) is 3.61. The van der Waals surface area contributed by atoms with Crippen molar-refractivity contribution in [1.29, 1.82) is 0 Å². The van der Waals surface area contributed by atoms with E-state index in [1.165, 1.54) is 0 Å². The quantitative estimate of drug-likeness (QED) is 0.725. The highest BCUT2D eigenvalue weighted by atomic mass is 35.5. The average Bonchev–Trinajstić information content (AvgIpc) is 2.19. The summed E-state index contributed by atoms with van der Waals surface area (Å²) in [5.74, 6) is 0. The van der Waals surface area contributed by atoms with Crippen LogP contribution in [0.3, 0.4) is 0 Å². The van der Waals surface area contributed by atoms with Gasteiger partial charge in [0, 0.05) is 18.1 Å². The summed E-state index contributed by atoms with van der Waals surface area (Å²) in [6.07, 6.45) is 0. The fraction of sp³-hybridized carbons (Fsp3) is 0.182. The lowest BCUT2D eigenvalue weighted by Gasteiger charge is -2.04. The van der Waals surface area contributed by atoms with Crippen molar-refractivity contribution in [2.45, 2.75) is 6.92 Å². The minimum atomic E-state index is 0.578. The van der Waals surface area contributed by atoms with Gasteiger partial charge in [0.05, 0.1) is 5.52 Å². The van der Waals surface area contributed by atoms with E-state index in [4.69, 9.17) is 11.6 Å². The van der Waals surface area contributed by atoms with E-state index < -0.39 is 0 Å². The Labute approximate surface area is 87.9 Å². The molecule has 72 valence electrons. The number of benzene rings is 1. The van der Waals surface area contributed by atoms with Crippen LogP contribution in [0.4, 0.5) is 5.69 Å². The highest BCUT2D eigenvalue weighted by Gasteiger charge is 2.01. The molecular weight excluding hydrogens is 196 g/mol. The van der Waals surface area contributed by atoms with Crippen LogP contribution in [0.5, 0.6) is 0 Å². The predicted molar refractivity (Wildman–Crippen MR) is 61.0 cm³/mol. The van der Waals surface area contributed by atoms with E-state index >= 15 is 0 Å². The molecule has 0 fully saturated rings. The molecule has 2 nitrogen and oxygen atoms in total. The Kier molecular flexibility index (Phi) is 2.30. The topological polar surface area (TPSA) is 24.9 Å². The number of rotatable bonds is 1. The fourth-order valence-corrected chi connectivity index (χ4v) is 1.56. The summed E-state index contributed by atoms with van der Waals surface area (Å²) < 4.78 is 0. The van der Waals surface area contributed by atoms with Crippen molar-refractivity contribution in [1.82, 2.24) is 4.98 Å². The number of aryl methyl sites for hydroxylation is 1. The molecule has 0 saturated heterocycles. The molecule has 0 saturated carbocycles. The maximum atomic E-state index is 5.93. The maximum absolute atomic E-state index is 5.93. The number of hydrogen-bond acceptors (Lipinski definition) is 2. The molecule has 2 aromatic rings. The van der Waals surface area contributed by atoms with Crippen LogP contribution in [0.25, 0.3) is 10.9 Å². The zero-order valence-electron chi connectivity index (χ0n) is 8.13. The number of fused-ring (bicyclic) bond motifs is 1. The highest BCUT2D eigenvalue weighted by Crippen LogP contribution is 2.22. The van der Waals surface area contributed by atoms with Gasteiger partial charge in [-0.25, -0.2) is 4.98 Å². The van der Waals surface area contributed by atoms with E-state index in [1.54, 1.807) is 0 Å². The molecule has 2 rings (SSSR count). The molecule has 1 aromatic heterocycles. The lowest BCUT2D eigenvalue weighted by atomic mass is 10.1. The van der Waals surface area contributed by atoms with E-state index in [0.717, 1.165) is 22.2 Å². The summed E-state index contributed by atoms with van der Waals surface area (Å²) in [4.78, 5) is 4.29. The zero-order chi connectivity index (χ0) is 10.1. The Morgan fingerprint density at radius 1 is 1.29 bits per heavy atom. The lowest BCUT2D eigenvalue weighted by Crippen LogP contribution is -1.89. The average molecular weight is 207 g/mol. The van der Waals surface area contributed by atoms with Crippen molar-refractivity contribution in [2.75, 3.05) is 12.4 Å². The molecule has 0 aliphatic carbocycles. The minimum absolute atomic E-state index is 0.578. The number of nitrogens with zero attached hydrogens (tertiary/aromatic N) is 1. The predicted octanol–water partition coefficient (Wildman–Crippen LogP) is 3.24. The van der Waals surface area contributed by atoms with Crippen LogP contribution in [-0.2, 0) is 0 Å². The largest absolute Gasteiger partial charge is 0.388 e. The molecule has 0 unspecified atom stereocenters. The van der Waals surface area contributed by atoms with Gasteiger partial charge in [-0.2, -0.15) is 0 Å². The van der Waals surface area contributed by atoms with Gasteiger partial charge >= 0.3 is 0 Å². The highest BCUT2D eigenvalue weighted by molar-refractivity contribution is 6.30. The number of halogens is 1. The van der Waals surface area contributed by atoms with Gasteiger partial charge < -0.3 is 5.32 Å². The van der Waals surface area contributed by atoms with Gasteiger partial charge in [0.1, 0.15) is 5.15 Å². The van der Waals surface area contributed by atoms with Crippen LogP contribution < -0.4 is 5.32 Å². The standard InChI is InChI=1S/C11H11ClN2/c1-7-5-8-6-9(13-2)3-4-10(8)14-11(7)12/h3-6,13H,1-2H3. The van der Waals surface area contributed by atoms with E-state index in [-0.39, 0.29) is 0 Å². The van der Waals surface area contributed by atoms with Crippen LogP contribution in [0.1, 0.15) is 5.56 Å². The molecule has 0 amide bonds. The molecule has 0 bridgehead atoms. The first kappa shape index (κ1) is 9.28. The first-order valence-electron chi connectivity index (χ1n) is 4.45. The van der Waals surface area contributed by atoms with Crippen molar-refractivity contribution in [3.05, 3.63) is 35.0 Å². The van der Waals surface area contributed by atoms with Gasteiger partial charge in [0.25, 0.3) is 0 Å². The minimum Gasteiger partial charge on any atom is -0.388 e. The first-order valence-corrected chi connectivity index (χ1v) is 4.83. The van der Waals surface area contributed by atoms with Gasteiger partial charge in [-0.15, -0.1) is 0 Å². The van der Waals surface area contributed by atoms with Crippen molar-refractivity contribution < 1.29 is 0 Å². The SMILES string of the molecule is CNc1ccc2nc(Cl)c(C)cc2c1. The fourth-order valence-electron chi connectivity index (χ4n) is 1.41. The van der Waals surface area contributed by atoms with Crippen LogP contribution in [0.15, 0.2) is 24.3 Å². The third-order valence-electron chi connectivity index (χ3n) is 2.23. The number of hydrogen-bond donors (Lipinski definition) is 1. The smallest absolute Gasteiger partial charge is 0.132 e. The van der Waals surface area contributed by atoms with E-state index in [1.807, 2.05) is 32.2 Å². The summed E-state index contributed by atoms with van der Waals surface area (Å²) >= 11 is 5.93. The molecule has 1 heterocycles. The van der Waals surface area contributed by atoms with Crippen molar-refractivity contribution >= 4 is 28.2 Å². The van der Waals surface area contributed by atoms with Gasteiger partial charge in [0.2, 0.25) is 0 Å². The van der Waals surface area contributed by atoms with Crippen molar-refractivity contribution in [3.63, 3.8) is 0 Å². The Bertz CT molecular complexity index is 480.